The summed E-state index contributed by atoms with van der Waals surface area (Å²) in [6, 6.07) is 13.9. The molecule has 3 aromatic rings. The van der Waals surface area contributed by atoms with Crippen LogP contribution >= 0.6 is 0 Å². The number of aromatic nitrogens is 2. The summed E-state index contributed by atoms with van der Waals surface area (Å²) in [5.41, 5.74) is 4.90. The number of benzene rings is 1. The van der Waals surface area contributed by atoms with Crippen molar-refractivity contribution in [1.29, 1.82) is 0 Å². The molecular weight excluding hydrogens is 400 g/mol. The molecule has 0 radical (unpaired) electrons. The van der Waals surface area contributed by atoms with Gasteiger partial charge in [0.1, 0.15) is 0 Å². The zero-order valence-electron chi connectivity index (χ0n) is 18.5. The lowest BCUT2D eigenvalue weighted by atomic mass is 9.82. The molecule has 1 fully saturated rings. The zero-order chi connectivity index (χ0) is 22.1. The van der Waals surface area contributed by atoms with Gasteiger partial charge >= 0.3 is 0 Å². The summed E-state index contributed by atoms with van der Waals surface area (Å²) in [5.74, 6) is 0.0843. The number of hydrogen-bond donors (Lipinski definition) is 1. The van der Waals surface area contributed by atoms with Crippen molar-refractivity contribution in [3.8, 4) is 0 Å². The lowest BCUT2D eigenvalue weighted by Crippen LogP contribution is -2.55. The summed E-state index contributed by atoms with van der Waals surface area (Å²) in [7, 11) is 1.71. The highest BCUT2D eigenvalue weighted by molar-refractivity contribution is 5.98. The zero-order valence-corrected chi connectivity index (χ0v) is 18.5. The number of allylic oxidation sites excluding steroid dienone is 2. The molecule has 0 unspecified atom stereocenters. The number of pyridine rings is 1. The highest BCUT2D eigenvalue weighted by atomic mass is 16.5. The van der Waals surface area contributed by atoms with Gasteiger partial charge in [-0.2, -0.15) is 0 Å². The molecule has 1 spiro atoms. The van der Waals surface area contributed by atoms with Crippen molar-refractivity contribution in [2.75, 3.05) is 26.8 Å². The quantitative estimate of drug-likeness (QED) is 0.681. The number of nitrogens with zero attached hydrogens (tertiary/aromatic N) is 3. The van der Waals surface area contributed by atoms with Gasteiger partial charge < -0.3 is 19.5 Å². The first-order chi connectivity index (χ1) is 15.6. The Morgan fingerprint density at radius 1 is 1.22 bits per heavy atom. The molecule has 32 heavy (non-hydrogen) atoms. The Labute approximate surface area is 188 Å². The fraction of sp³-hybridized carbons (Fsp3) is 0.308. The number of ether oxygens (including phenoxy) is 1. The molecular formula is C26H28N4O2. The van der Waals surface area contributed by atoms with Crippen molar-refractivity contribution in [1.82, 2.24) is 19.8 Å². The molecule has 6 nitrogen and oxygen atoms in total. The number of hydrogen-bond acceptors (Lipinski definition) is 4. The number of carbonyl (C=O) groups is 1. The second-order valence-corrected chi connectivity index (χ2v) is 8.42. The smallest absolute Gasteiger partial charge is 0.253 e. The molecule has 164 valence electrons. The Morgan fingerprint density at radius 3 is 2.84 bits per heavy atom. The van der Waals surface area contributed by atoms with Crippen LogP contribution in [0.2, 0.25) is 0 Å². The minimum atomic E-state index is -0.195. The Morgan fingerprint density at radius 2 is 2.06 bits per heavy atom. The van der Waals surface area contributed by atoms with Crippen LogP contribution in [0.15, 0.2) is 72.7 Å². The maximum absolute atomic E-state index is 13.3. The highest BCUT2D eigenvalue weighted by Crippen LogP contribution is 2.41. The van der Waals surface area contributed by atoms with E-state index < -0.39 is 0 Å². The summed E-state index contributed by atoms with van der Waals surface area (Å²) < 4.78 is 7.57. The summed E-state index contributed by atoms with van der Waals surface area (Å²) >= 11 is 0. The Kier molecular flexibility index (Phi) is 5.31. The first kappa shape index (κ1) is 20.5. The molecule has 2 aliphatic rings. The van der Waals surface area contributed by atoms with Crippen LogP contribution in [0.25, 0.3) is 16.6 Å². The fourth-order valence-electron chi connectivity index (χ4n) is 4.98. The number of methoxy groups -OCH3 is 1. The van der Waals surface area contributed by atoms with E-state index in [0.717, 1.165) is 40.7 Å². The predicted octanol–water partition coefficient (Wildman–Crippen LogP) is 4.16. The van der Waals surface area contributed by atoms with E-state index in [0.29, 0.717) is 19.7 Å². The van der Waals surface area contributed by atoms with E-state index in [4.69, 9.17) is 4.74 Å². The number of nitrogens with one attached hydrogen (secondary N) is 1. The van der Waals surface area contributed by atoms with Crippen molar-refractivity contribution in [2.45, 2.75) is 25.3 Å². The number of amides is 1. The second kappa shape index (κ2) is 8.28. The molecule has 6 heteroatoms. The molecule has 5 rings (SSSR count). The standard InChI is InChI=1S/C26H28N4O2/c1-3-23-22(10-17-32-2)28-26(24-7-5-14-30(23)24)11-15-29(16-12-26)25(31)20-8-9-21-19(18-20)6-4-13-27-21/h3-10,13-14,18,28H,11-12,15-17H2,1-2H3/b22-10+,23-3+. The van der Waals surface area contributed by atoms with Crippen LogP contribution < -0.4 is 5.32 Å². The van der Waals surface area contributed by atoms with Gasteiger partial charge in [0.05, 0.1) is 29.1 Å². The van der Waals surface area contributed by atoms with Crippen LogP contribution in [0.1, 0.15) is 35.8 Å². The van der Waals surface area contributed by atoms with Gasteiger partial charge in [-0.1, -0.05) is 12.1 Å². The predicted molar refractivity (Wildman–Crippen MR) is 126 cm³/mol. The molecule has 2 aliphatic heterocycles. The van der Waals surface area contributed by atoms with Crippen LogP contribution in [0, 0.1) is 0 Å². The van der Waals surface area contributed by atoms with Crippen molar-refractivity contribution in [3.63, 3.8) is 0 Å². The van der Waals surface area contributed by atoms with Crippen LogP contribution in [-0.4, -0.2) is 47.2 Å². The van der Waals surface area contributed by atoms with Crippen LogP contribution in [0.5, 0.6) is 0 Å². The Bertz CT molecular complexity index is 1220. The number of piperidine rings is 1. The van der Waals surface area contributed by atoms with E-state index >= 15 is 0 Å². The number of rotatable bonds is 3. The summed E-state index contributed by atoms with van der Waals surface area (Å²) in [6.45, 7) is 4.00. The maximum atomic E-state index is 13.3. The molecule has 2 aromatic heterocycles. The van der Waals surface area contributed by atoms with Crippen LogP contribution in [0.3, 0.4) is 0 Å². The number of likely N-dealkylation sites (tertiary alicyclic amines) is 1. The monoisotopic (exact) mass is 428 g/mol. The number of carbonyl (C=O) groups excluding carboxylic acids is 1. The molecule has 1 saturated heterocycles. The van der Waals surface area contributed by atoms with E-state index in [1.54, 1.807) is 13.3 Å². The summed E-state index contributed by atoms with van der Waals surface area (Å²) in [4.78, 5) is 19.6. The largest absolute Gasteiger partial charge is 0.381 e. The van der Waals surface area contributed by atoms with Crippen molar-refractivity contribution >= 4 is 22.5 Å². The third-order valence-electron chi connectivity index (χ3n) is 6.63. The molecule has 1 aromatic carbocycles. The first-order valence-corrected chi connectivity index (χ1v) is 11.1. The van der Waals surface area contributed by atoms with Gasteiger partial charge in [0, 0.05) is 49.2 Å². The molecule has 0 aliphatic carbocycles. The first-order valence-electron chi connectivity index (χ1n) is 11.1. The topological polar surface area (TPSA) is 59.4 Å². The average Bonchev–Trinajstić information content (AvgIpc) is 3.33. The summed E-state index contributed by atoms with van der Waals surface area (Å²) in [5, 5.41) is 4.81. The van der Waals surface area contributed by atoms with Crippen molar-refractivity contribution in [3.05, 3.63) is 84.0 Å². The third-order valence-corrected chi connectivity index (χ3v) is 6.63. The van der Waals surface area contributed by atoms with Crippen LogP contribution in [-0.2, 0) is 10.3 Å². The normalized spacial score (nSPS) is 20.0. The third kappa shape index (κ3) is 3.41. The average molecular weight is 429 g/mol. The Balaban J connectivity index is 1.39. The lowest BCUT2D eigenvalue weighted by molar-refractivity contribution is 0.0639. The second-order valence-electron chi connectivity index (χ2n) is 8.42. The van der Waals surface area contributed by atoms with Gasteiger partial charge in [-0.15, -0.1) is 0 Å². The van der Waals surface area contributed by atoms with Gasteiger partial charge in [-0.05, 0) is 62.2 Å². The van der Waals surface area contributed by atoms with Gasteiger partial charge in [-0.3, -0.25) is 9.78 Å². The van der Waals surface area contributed by atoms with Gasteiger partial charge in [-0.25, -0.2) is 0 Å². The summed E-state index contributed by atoms with van der Waals surface area (Å²) in [6.07, 6.45) is 9.81. The molecule has 0 saturated carbocycles. The number of fused-ring (bicyclic) bond motifs is 3. The van der Waals surface area contributed by atoms with E-state index in [1.165, 1.54) is 5.69 Å². The van der Waals surface area contributed by atoms with E-state index in [-0.39, 0.29) is 11.4 Å². The lowest BCUT2D eigenvalue weighted by Gasteiger charge is -2.47. The molecule has 1 amide bonds. The molecule has 0 bridgehead atoms. The molecule has 0 atom stereocenters. The minimum absolute atomic E-state index is 0.0843. The van der Waals surface area contributed by atoms with Gasteiger partial charge in [0.2, 0.25) is 0 Å². The SMILES string of the molecule is C/C=C1\C(=C/COC)NC2(CCN(C(=O)c3ccc4ncccc4c3)CC2)c2cccn21. The molecule has 4 heterocycles. The highest BCUT2D eigenvalue weighted by Gasteiger charge is 2.43. The van der Waals surface area contributed by atoms with Crippen molar-refractivity contribution in [2.24, 2.45) is 0 Å². The van der Waals surface area contributed by atoms with Crippen LogP contribution in [0.4, 0.5) is 0 Å². The fourth-order valence-corrected chi connectivity index (χ4v) is 4.98. The molecule has 1 N–H and O–H groups in total. The van der Waals surface area contributed by atoms with Gasteiger partial charge in [0.25, 0.3) is 5.91 Å². The van der Waals surface area contributed by atoms with E-state index in [2.05, 4.69) is 52.3 Å². The van der Waals surface area contributed by atoms with Gasteiger partial charge in [0.15, 0.2) is 0 Å². The van der Waals surface area contributed by atoms with E-state index in [1.807, 2.05) is 35.2 Å². The Hall–Kier alpha value is -3.38. The van der Waals surface area contributed by atoms with Crippen molar-refractivity contribution < 1.29 is 9.53 Å². The van der Waals surface area contributed by atoms with E-state index in [9.17, 15) is 4.79 Å². The minimum Gasteiger partial charge on any atom is -0.381 e. The maximum Gasteiger partial charge on any atom is 0.253 e.